The number of ether oxygens (including phenoxy) is 1. The van der Waals surface area contributed by atoms with E-state index in [-0.39, 0.29) is 24.7 Å². The second kappa shape index (κ2) is 6.55. The van der Waals surface area contributed by atoms with Gasteiger partial charge in [-0.25, -0.2) is 0 Å². The molecule has 0 aliphatic carbocycles. The largest absolute Gasteiger partial charge is 0.469 e. The Hall–Kier alpha value is -1.91. The zero-order chi connectivity index (χ0) is 11.8. The van der Waals surface area contributed by atoms with Crippen molar-refractivity contribution in [3.63, 3.8) is 0 Å². The molecule has 5 nitrogen and oxygen atoms in total. The number of esters is 1. The van der Waals surface area contributed by atoms with Crippen molar-refractivity contribution in [1.29, 1.82) is 0 Å². The molecule has 0 fully saturated rings. The Kier molecular flexibility index (Phi) is 4.98. The SMILES string of the molecule is COC(=O)CCC(=O)NCc1cccnc1. The lowest BCUT2D eigenvalue weighted by Gasteiger charge is -2.04. The number of nitrogens with one attached hydrogen (secondary N) is 1. The van der Waals surface area contributed by atoms with Gasteiger partial charge in [0.1, 0.15) is 0 Å². The molecule has 0 bridgehead atoms. The summed E-state index contributed by atoms with van der Waals surface area (Å²) >= 11 is 0. The molecule has 0 aliphatic rings. The third kappa shape index (κ3) is 4.54. The molecule has 1 aromatic rings. The maximum Gasteiger partial charge on any atom is 0.306 e. The van der Waals surface area contributed by atoms with E-state index in [1.54, 1.807) is 18.5 Å². The zero-order valence-corrected chi connectivity index (χ0v) is 9.10. The third-order valence-electron chi connectivity index (χ3n) is 2.00. The molecule has 86 valence electrons. The molecule has 0 aromatic carbocycles. The summed E-state index contributed by atoms with van der Waals surface area (Å²) in [5, 5.41) is 2.69. The van der Waals surface area contributed by atoms with E-state index >= 15 is 0 Å². The quantitative estimate of drug-likeness (QED) is 0.743. The van der Waals surface area contributed by atoms with Crippen LogP contribution < -0.4 is 5.32 Å². The van der Waals surface area contributed by atoms with E-state index in [2.05, 4.69) is 15.0 Å². The average molecular weight is 222 g/mol. The van der Waals surface area contributed by atoms with Gasteiger partial charge in [0.2, 0.25) is 5.91 Å². The van der Waals surface area contributed by atoms with E-state index in [4.69, 9.17) is 0 Å². The predicted molar refractivity (Wildman–Crippen MR) is 57.3 cm³/mol. The van der Waals surface area contributed by atoms with Crippen molar-refractivity contribution >= 4 is 11.9 Å². The number of pyridine rings is 1. The number of hydrogen-bond acceptors (Lipinski definition) is 4. The topological polar surface area (TPSA) is 68.3 Å². The molecule has 1 amide bonds. The molecule has 5 heteroatoms. The summed E-state index contributed by atoms with van der Waals surface area (Å²) in [4.78, 5) is 26.0. The van der Waals surface area contributed by atoms with Crippen LogP contribution in [0.5, 0.6) is 0 Å². The highest BCUT2D eigenvalue weighted by atomic mass is 16.5. The summed E-state index contributed by atoms with van der Waals surface area (Å²) in [6, 6.07) is 3.67. The monoisotopic (exact) mass is 222 g/mol. The Bertz CT molecular complexity index is 352. The Balaban J connectivity index is 2.23. The third-order valence-corrected chi connectivity index (χ3v) is 2.00. The maximum absolute atomic E-state index is 11.3. The number of carbonyl (C=O) groups is 2. The highest BCUT2D eigenvalue weighted by Crippen LogP contribution is 1.96. The Morgan fingerprint density at radius 1 is 1.44 bits per heavy atom. The minimum atomic E-state index is -0.378. The van der Waals surface area contributed by atoms with Crippen LogP contribution >= 0.6 is 0 Å². The van der Waals surface area contributed by atoms with Crippen LogP contribution in [-0.4, -0.2) is 24.0 Å². The van der Waals surface area contributed by atoms with Crippen LogP contribution in [0.4, 0.5) is 0 Å². The minimum absolute atomic E-state index is 0.107. The number of rotatable bonds is 5. The zero-order valence-electron chi connectivity index (χ0n) is 9.10. The van der Waals surface area contributed by atoms with Gasteiger partial charge in [0.25, 0.3) is 0 Å². The van der Waals surface area contributed by atoms with Gasteiger partial charge < -0.3 is 10.1 Å². The molecule has 0 unspecified atom stereocenters. The van der Waals surface area contributed by atoms with Crippen molar-refractivity contribution in [2.45, 2.75) is 19.4 Å². The van der Waals surface area contributed by atoms with Gasteiger partial charge in [0.15, 0.2) is 0 Å². The summed E-state index contributed by atoms with van der Waals surface area (Å²) in [6.07, 6.45) is 3.60. The van der Waals surface area contributed by atoms with E-state index in [0.717, 1.165) is 5.56 Å². The number of hydrogen-bond donors (Lipinski definition) is 1. The van der Waals surface area contributed by atoms with Crippen molar-refractivity contribution < 1.29 is 14.3 Å². The normalized spacial score (nSPS) is 9.56. The maximum atomic E-state index is 11.3. The first-order chi connectivity index (χ1) is 7.72. The van der Waals surface area contributed by atoms with Crippen molar-refractivity contribution in [2.75, 3.05) is 7.11 Å². The van der Waals surface area contributed by atoms with Gasteiger partial charge in [-0.3, -0.25) is 14.6 Å². The summed E-state index contributed by atoms with van der Waals surface area (Å²) in [5.74, 6) is -0.550. The molecule has 1 N–H and O–H groups in total. The van der Waals surface area contributed by atoms with E-state index in [9.17, 15) is 9.59 Å². The Morgan fingerprint density at radius 2 is 2.25 bits per heavy atom. The standard InChI is InChI=1S/C11H14N2O3/c1-16-11(15)5-4-10(14)13-8-9-3-2-6-12-7-9/h2-3,6-7H,4-5,8H2,1H3,(H,13,14). The van der Waals surface area contributed by atoms with Gasteiger partial charge in [-0.2, -0.15) is 0 Å². The van der Waals surface area contributed by atoms with Crippen molar-refractivity contribution in [2.24, 2.45) is 0 Å². The van der Waals surface area contributed by atoms with Crippen molar-refractivity contribution in [3.8, 4) is 0 Å². The number of methoxy groups -OCH3 is 1. The highest BCUT2D eigenvalue weighted by molar-refractivity contribution is 5.81. The average Bonchev–Trinajstić information content (AvgIpc) is 2.34. The number of amides is 1. The summed E-state index contributed by atoms with van der Waals surface area (Å²) < 4.78 is 4.43. The van der Waals surface area contributed by atoms with Crippen LogP contribution in [0, 0.1) is 0 Å². The fraction of sp³-hybridized carbons (Fsp3) is 0.364. The fourth-order valence-corrected chi connectivity index (χ4v) is 1.11. The van der Waals surface area contributed by atoms with Crippen LogP contribution in [0.25, 0.3) is 0 Å². The number of carbonyl (C=O) groups excluding carboxylic acids is 2. The van der Waals surface area contributed by atoms with Crippen LogP contribution in [0.2, 0.25) is 0 Å². The van der Waals surface area contributed by atoms with Gasteiger partial charge in [0.05, 0.1) is 13.5 Å². The number of aromatic nitrogens is 1. The summed E-state index contributed by atoms with van der Waals surface area (Å²) in [6.45, 7) is 0.424. The molecule has 0 aliphatic heterocycles. The molecule has 0 saturated heterocycles. The lowest BCUT2D eigenvalue weighted by Crippen LogP contribution is -2.23. The van der Waals surface area contributed by atoms with E-state index < -0.39 is 0 Å². The molecule has 16 heavy (non-hydrogen) atoms. The summed E-state index contributed by atoms with van der Waals surface area (Å²) in [5.41, 5.74) is 0.925. The molecular weight excluding hydrogens is 208 g/mol. The molecule has 0 radical (unpaired) electrons. The first-order valence-electron chi connectivity index (χ1n) is 4.95. The van der Waals surface area contributed by atoms with Gasteiger partial charge in [-0.05, 0) is 11.6 Å². The molecule has 0 atom stereocenters. The lowest BCUT2D eigenvalue weighted by molar-refractivity contribution is -0.142. The van der Waals surface area contributed by atoms with Crippen LogP contribution in [0.1, 0.15) is 18.4 Å². The van der Waals surface area contributed by atoms with Crippen LogP contribution in [-0.2, 0) is 20.9 Å². The van der Waals surface area contributed by atoms with Crippen molar-refractivity contribution in [3.05, 3.63) is 30.1 Å². The van der Waals surface area contributed by atoms with E-state index in [0.29, 0.717) is 6.54 Å². The first-order valence-corrected chi connectivity index (χ1v) is 4.95. The van der Waals surface area contributed by atoms with Gasteiger partial charge >= 0.3 is 5.97 Å². The first kappa shape index (κ1) is 12.2. The van der Waals surface area contributed by atoms with Gasteiger partial charge in [0, 0.05) is 25.4 Å². The van der Waals surface area contributed by atoms with Crippen molar-refractivity contribution in [1.82, 2.24) is 10.3 Å². The number of nitrogens with zero attached hydrogens (tertiary/aromatic N) is 1. The second-order valence-corrected chi connectivity index (χ2v) is 3.21. The van der Waals surface area contributed by atoms with E-state index in [1.807, 2.05) is 6.07 Å². The molecule has 1 aromatic heterocycles. The van der Waals surface area contributed by atoms with E-state index in [1.165, 1.54) is 7.11 Å². The second-order valence-electron chi connectivity index (χ2n) is 3.21. The molecular formula is C11H14N2O3. The Morgan fingerprint density at radius 3 is 2.88 bits per heavy atom. The minimum Gasteiger partial charge on any atom is -0.469 e. The van der Waals surface area contributed by atoms with Crippen LogP contribution in [0.15, 0.2) is 24.5 Å². The van der Waals surface area contributed by atoms with Gasteiger partial charge in [-0.1, -0.05) is 6.07 Å². The predicted octanol–water partition coefficient (Wildman–Crippen LogP) is 0.651. The molecule has 0 saturated carbocycles. The smallest absolute Gasteiger partial charge is 0.306 e. The molecule has 1 rings (SSSR count). The summed E-state index contributed by atoms with van der Waals surface area (Å²) in [7, 11) is 1.30. The van der Waals surface area contributed by atoms with Crippen LogP contribution in [0.3, 0.4) is 0 Å². The molecule has 0 spiro atoms. The van der Waals surface area contributed by atoms with Gasteiger partial charge in [-0.15, -0.1) is 0 Å². The highest BCUT2D eigenvalue weighted by Gasteiger charge is 2.06. The fourth-order valence-electron chi connectivity index (χ4n) is 1.11. The Labute approximate surface area is 93.8 Å². The molecule has 1 heterocycles. The lowest BCUT2D eigenvalue weighted by atomic mass is 10.2.